The minimum atomic E-state index is -0.478. The first-order valence-electron chi connectivity index (χ1n) is 10.4. The van der Waals surface area contributed by atoms with Gasteiger partial charge in [-0.05, 0) is 89.1 Å². The van der Waals surface area contributed by atoms with Gasteiger partial charge in [0, 0.05) is 10.0 Å². The van der Waals surface area contributed by atoms with Gasteiger partial charge >= 0.3 is 5.97 Å². The van der Waals surface area contributed by atoms with Gasteiger partial charge in [0.25, 0.3) is 11.8 Å². The van der Waals surface area contributed by atoms with Gasteiger partial charge in [0.15, 0.2) is 0 Å². The largest absolute Gasteiger partial charge is 0.494 e. The molecule has 0 atom stereocenters. The van der Waals surface area contributed by atoms with Crippen molar-refractivity contribution in [3.63, 3.8) is 0 Å². The molecule has 0 aliphatic carbocycles. The summed E-state index contributed by atoms with van der Waals surface area (Å²) in [7, 11) is 0. The number of carbonyl (C=O) groups is 3. The average Bonchev–Trinajstić information content (AvgIpc) is 2.84. The van der Waals surface area contributed by atoms with Gasteiger partial charge < -0.3 is 14.8 Å². The molecule has 3 aromatic carbocycles. The third-order valence-electron chi connectivity index (χ3n) is 4.42. The fourth-order valence-corrected chi connectivity index (χ4v) is 3.21. The Balaban J connectivity index is 1.44. The molecule has 174 valence electrons. The van der Waals surface area contributed by atoms with Crippen molar-refractivity contribution in [1.82, 2.24) is 10.7 Å². The Morgan fingerprint density at radius 1 is 0.941 bits per heavy atom. The van der Waals surface area contributed by atoms with Crippen molar-refractivity contribution >= 4 is 39.9 Å². The normalized spacial score (nSPS) is 10.5. The van der Waals surface area contributed by atoms with E-state index in [9.17, 15) is 14.4 Å². The highest BCUT2D eigenvalue weighted by Crippen LogP contribution is 2.19. The molecule has 3 aromatic rings. The number of rotatable bonds is 9. The molecule has 0 bridgehead atoms. The second kappa shape index (κ2) is 12.3. The standard InChI is InChI=1S/C25H22BrN3O5/c1-2-33-19-13-9-18(10-14-19)24(31)27-16-23(30)29-28-15-17-7-11-20(12-8-17)34-25(32)21-5-3-4-6-22(21)26/h3-15H,2,16H2,1H3,(H,27,31)(H,29,30)/b28-15+. The van der Waals surface area contributed by atoms with Gasteiger partial charge in [0.05, 0.1) is 24.9 Å². The number of hydrazone groups is 1. The third-order valence-corrected chi connectivity index (χ3v) is 5.12. The maximum Gasteiger partial charge on any atom is 0.344 e. The first-order valence-corrected chi connectivity index (χ1v) is 11.2. The van der Waals surface area contributed by atoms with Crippen molar-refractivity contribution < 1.29 is 23.9 Å². The number of halogens is 1. The summed E-state index contributed by atoms with van der Waals surface area (Å²) in [5.41, 5.74) is 3.86. The van der Waals surface area contributed by atoms with E-state index in [1.807, 2.05) is 13.0 Å². The van der Waals surface area contributed by atoms with Crippen molar-refractivity contribution in [2.24, 2.45) is 5.10 Å². The summed E-state index contributed by atoms with van der Waals surface area (Å²) in [5.74, 6) is -0.293. The summed E-state index contributed by atoms with van der Waals surface area (Å²) in [6, 6.07) is 20.2. The van der Waals surface area contributed by atoms with Gasteiger partial charge in [-0.3, -0.25) is 9.59 Å². The fourth-order valence-electron chi connectivity index (χ4n) is 2.76. The lowest BCUT2D eigenvalue weighted by molar-refractivity contribution is -0.120. The SMILES string of the molecule is CCOc1ccc(C(=O)NCC(=O)N/N=C/c2ccc(OC(=O)c3ccccc3Br)cc2)cc1. The lowest BCUT2D eigenvalue weighted by atomic mass is 10.2. The van der Waals surface area contributed by atoms with Crippen LogP contribution in [0.2, 0.25) is 0 Å². The quantitative estimate of drug-likeness (QED) is 0.191. The highest BCUT2D eigenvalue weighted by molar-refractivity contribution is 9.10. The molecule has 34 heavy (non-hydrogen) atoms. The van der Waals surface area contributed by atoms with Crippen LogP contribution in [0.15, 0.2) is 82.4 Å². The predicted molar refractivity (Wildman–Crippen MR) is 131 cm³/mol. The van der Waals surface area contributed by atoms with Crippen molar-refractivity contribution in [3.05, 3.63) is 94.0 Å². The molecule has 0 unspecified atom stereocenters. The van der Waals surface area contributed by atoms with Crippen molar-refractivity contribution in [2.45, 2.75) is 6.92 Å². The van der Waals surface area contributed by atoms with Crippen molar-refractivity contribution in [2.75, 3.05) is 13.2 Å². The zero-order valence-corrected chi connectivity index (χ0v) is 19.9. The number of nitrogens with zero attached hydrogens (tertiary/aromatic N) is 1. The molecule has 0 aliphatic rings. The maximum absolute atomic E-state index is 12.2. The van der Waals surface area contributed by atoms with Crippen LogP contribution < -0.4 is 20.2 Å². The molecule has 0 saturated heterocycles. The van der Waals surface area contributed by atoms with Crippen LogP contribution in [0, 0.1) is 0 Å². The molecule has 0 spiro atoms. The fraction of sp³-hybridized carbons (Fsp3) is 0.120. The molecule has 3 rings (SSSR count). The van der Waals surface area contributed by atoms with E-state index in [1.165, 1.54) is 6.21 Å². The van der Waals surface area contributed by atoms with E-state index in [0.717, 1.165) is 0 Å². The maximum atomic E-state index is 12.2. The van der Waals surface area contributed by atoms with Crippen LogP contribution in [-0.4, -0.2) is 37.1 Å². The molecule has 2 N–H and O–H groups in total. The highest BCUT2D eigenvalue weighted by Gasteiger charge is 2.12. The molecule has 0 heterocycles. The number of carbonyl (C=O) groups excluding carboxylic acids is 3. The lowest BCUT2D eigenvalue weighted by Crippen LogP contribution is -2.34. The smallest absolute Gasteiger partial charge is 0.344 e. The molecule has 2 amide bonds. The van der Waals surface area contributed by atoms with Crippen molar-refractivity contribution in [3.8, 4) is 11.5 Å². The van der Waals surface area contributed by atoms with E-state index < -0.39 is 11.9 Å². The number of esters is 1. The topological polar surface area (TPSA) is 106 Å². The molecule has 0 radical (unpaired) electrons. The van der Waals surface area contributed by atoms with E-state index in [-0.39, 0.29) is 12.5 Å². The number of benzene rings is 3. The summed E-state index contributed by atoms with van der Waals surface area (Å²) >= 11 is 3.32. The van der Waals surface area contributed by atoms with E-state index in [4.69, 9.17) is 9.47 Å². The molecular formula is C25H22BrN3O5. The Morgan fingerprint density at radius 3 is 2.29 bits per heavy atom. The zero-order chi connectivity index (χ0) is 24.3. The highest BCUT2D eigenvalue weighted by atomic mass is 79.9. The molecule has 8 nitrogen and oxygen atoms in total. The second-order valence-electron chi connectivity index (χ2n) is 6.87. The van der Waals surface area contributed by atoms with Crippen LogP contribution >= 0.6 is 15.9 Å². The Labute approximate surface area is 205 Å². The van der Waals surface area contributed by atoms with Crippen LogP contribution in [0.3, 0.4) is 0 Å². The minimum absolute atomic E-state index is 0.229. The molecular weight excluding hydrogens is 502 g/mol. The molecule has 0 fully saturated rings. The molecule has 9 heteroatoms. The Kier molecular flexibility index (Phi) is 8.93. The minimum Gasteiger partial charge on any atom is -0.494 e. The third kappa shape index (κ3) is 7.28. The molecule has 0 aliphatic heterocycles. The van der Waals surface area contributed by atoms with E-state index in [2.05, 4.69) is 31.8 Å². The van der Waals surface area contributed by atoms with Gasteiger partial charge in [-0.15, -0.1) is 0 Å². The molecule has 0 aromatic heterocycles. The second-order valence-corrected chi connectivity index (χ2v) is 7.73. The first-order chi connectivity index (χ1) is 16.5. The number of hydrogen-bond acceptors (Lipinski definition) is 6. The van der Waals surface area contributed by atoms with Gasteiger partial charge in [-0.1, -0.05) is 12.1 Å². The van der Waals surface area contributed by atoms with Crippen LogP contribution in [0.5, 0.6) is 11.5 Å². The summed E-state index contributed by atoms with van der Waals surface area (Å²) in [4.78, 5) is 36.3. The van der Waals surface area contributed by atoms with Gasteiger partial charge in [0.1, 0.15) is 11.5 Å². The zero-order valence-electron chi connectivity index (χ0n) is 18.3. The van der Waals surface area contributed by atoms with E-state index in [0.29, 0.717) is 39.3 Å². The summed E-state index contributed by atoms with van der Waals surface area (Å²) < 4.78 is 11.3. The number of hydrogen-bond donors (Lipinski definition) is 2. The van der Waals surface area contributed by atoms with Crippen LogP contribution in [-0.2, 0) is 4.79 Å². The van der Waals surface area contributed by atoms with Crippen LogP contribution in [0.25, 0.3) is 0 Å². The van der Waals surface area contributed by atoms with Crippen molar-refractivity contribution in [1.29, 1.82) is 0 Å². The Morgan fingerprint density at radius 2 is 1.62 bits per heavy atom. The number of amides is 2. The summed E-state index contributed by atoms with van der Waals surface area (Å²) in [5, 5.41) is 6.39. The summed E-state index contributed by atoms with van der Waals surface area (Å²) in [6.45, 7) is 2.18. The monoisotopic (exact) mass is 523 g/mol. The van der Waals surface area contributed by atoms with Gasteiger partial charge in [0.2, 0.25) is 0 Å². The van der Waals surface area contributed by atoms with Crippen LogP contribution in [0.4, 0.5) is 0 Å². The number of ether oxygens (including phenoxy) is 2. The number of nitrogens with one attached hydrogen (secondary N) is 2. The van der Waals surface area contributed by atoms with Crippen LogP contribution in [0.1, 0.15) is 33.2 Å². The van der Waals surface area contributed by atoms with Gasteiger partial charge in [-0.25, -0.2) is 10.2 Å². The molecule has 0 saturated carbocycles. The Bertz CT molecular complexity index is 1180. The van der Waals surface area contributed by atoms with E-state index in [1.54, 1.807) is 66.7 Å². The predicted octanol–water partition coefficient (Wildman–Crippen LogP) is 3.95. The Hall–Kier alpha value is -3.98. The van der Waals surface area contributed by atoms with Gasteiger partial charge in [-0.2, -0.15) is 5.10 Å². The lowest BCUT2D eigenvalue weighted by Gasteiger charge is -2.06. The summed E-state index contributed by atoms with van der Waals surface area (Å²) in [6.07, 6.45) is 1.44. The average molecular weight is 524 g/mol. The van der Waals surface area contributed by atoms with E-state index >= 15 is 0 Å². The first kappa shape index (κ1) is 24.7.